The van der Waals surface area contributed by atoms with E-state index in [2.05, 4.69) is 14.9 Å². The van der Waals surface area contributed by atoms with Crippen molar-refractivity contribution >= 4 is 34.6 Å². The van der Waals surface area contributed by atoms with Gasteiger partial charge in [0.15, 0.2) is 0 Å². The van der Waals surface area contributed by atoms with Crippen LogP contribution in [0.15, 0.2) is 0 Å². The summed E-state index contributed by atoms with van der Waals surface area (Å²) in [6.07, 6.45) is 1.19. The molecule has 1 heterocycles. The molecule has 0 aliphatic heterocycles. The Labute approximate surface area is 104 Å². The molecule has 1 unspecified atom stereocenters. The van der Waals surface area contributed by atoms with Crippen LogP contribution in [0.25, 0.3) is 0 Å². The lowest BCUT2D eigenvalue weighted by Crippen LogP contribution is -2.35. The third-order valence-corrected chi connectivity index (χ3v) is 2.92. The van der Waals surface area contributed by atoms with Crippen molar-refractivity contribution in [3.8, 4) is 0 Å². The first-order valence-corrected chi connectivity index (χ1v) is 6.13. The molecule has 0 saturated heterocycles. The minimum atomic E-state index is -0.157. The van der Waals surface area contributed by atoms with Gasteiger partial charge in [0.05, 0.1) is 10.7 Å². The van der Waals surface area contributed by atoms with Crippen LogP contribution in [0.1, 0.15) is 35.6 Å². The Morgan fingerprint density at radius 1 is 1.69 bits per heavy atom. The predicted molar refractivity (Wildman–Crippen MR) is 67.6 cm³/mol. The van der Waals surface area contributed by atoms with E-state index >= 15 is 0 Å². The van der Waals surface area contributed by atoms with Crippen LogP contribution in [0.5, 0.6) is 0 Å². The molecule has 0 fully saturated rings. The molecular formula is C9H14N4OS2. The van der Waals surface area contributed by atoms with E-state index in [0.29, 0.717) is 22.7 Å². The second-order valence-electron chi connectivity index (χ2n) is 3.45. The summed E-state index contributed by atoms with van der Waals surface area (Å²) < 4.78 is 3.76. The highest BCUT2D eigenvalue weighted by atomic mass is 32.1. The molecule has 5 nitrogen and oxygen atoms in total. The molecule has 1 aromatic heterocycles. The van der Waals surface area contributed by atoms with E-state index in [4.69, 9.17) is 18.0 Å². The van der Waals surface area contributed by atoms with E-state index in [1.54, 1.807) is 0 Å². The average Bonchev–Trinajstić information content (AvgIpc) is 2.63. The predicted octanol–water partition coefficient (Wildman–Crippen LogP) is 0.895. The summed E-state index contributed by atoms with van der Waals surface area (Å²) in [6.45, 7) is 3.79. The first-order chi connectivity index (χ1) is 7.54. The number of carbonyl (C=O) groups is 1. The molecule has 16 heavy (non-hydrogen) atoms. The van der Waals surface area contributed by atoms with Crippen LogP contribution < -0.4 is 11.1 Å². The maximum atomic E-state index is 11.8. The van der Waals surface area contributed by atoms with Crippen molar-refractivity contribution in [2.45, 2.75) is 32.7 Å². The van der Waals surface area contributed by atoms with Crippen LogP contribution >= 0.6 is 23.8 Å². The Hall–Kier alpha value is -1.08. The Morgan fingerprint density at radius 3 is 2.94 bits per heavy atom. The van der Waals surface area contributed by atoms with E-state index in [9.17, 15) is 4.79 Å². The van der Waals surface area contributed by atoms with E-state index in [0.717, 1.165) is 17.2 Å². The summed E-state index contributed by atoms with van der Waals surface area (Å²) >= 11 is 5.88. The summed E-state index contributed by atoms with van der Waals surface area (Å²) in [5, 5.41) is 6.69. The summed E-state index contributed by atoms with van der Waals surface area (Å²) in [7, 11) is 0. The molecule has 0 radical (unpaired) electrons. The van der Waals surface area contributed by atoms with E-state index < -0.39 is 0 Å². The second-order valence-corrected chi connectivity index (χ2v) is 4.73. The molecule has 0 aromatic carbocycles. The van der Waals surface area contributed by atoms with Crippen LogP contribution in [0.4, 0.5) is 0 Å². The van der Waals surface area contributed by atoms with Crippen molar-refractivity contribution in [1.82, 2.24) is 14.9 Å². The van der Waals surface area contributed by atoms with Crippen molar-refractivity contribution in [1.29, 1.82) is 0 Å². The fraction of sp³-hybridized carbons (Fsp3) is 0.556. The molecule has 1 amide bonds. The number of nitrogens with zero attached hydrogens (tertiary/aromatic N) is 2. The first kappa shape index (κ1) is 13.0. The molecule has 7 heteroatoms. The summed E-state index contributed by atoms with van der Waals surface area (Å²) in [5.74, 6) is -0.157. The fourth-order valence-electron chi connectivity index (χ4n) is 1.25. The maximum Gasteiger partial charge on any atom is 0.265 e. The van der Waals surface area contributed by atoms with Crippen molar-refractivity contribution in [3.05, 3.63) is 10.6 Å². The highest BCUT2D eigenvalue weighted by molar-refractivity contribution is 7.80. The minimum absolute atomic E-state index is 0.0724. The van der Waals surface area contributed by atoms with E-state index in [-0.39, 0.29) is 11.9 Å². The largest absolute Gasteiger partial charge is 0.393 e. The molecule has 1 aromatic rings. The van der Waals surface area contributed by atoms with Gasteiger partial charge in [0.1, 0.15) is 4.88 Å². The molecule has 1 rings (SSSR count). The van der Waals surface area contributed by atoms with Gasteiger partial charge in [-0.1, -0.05) is 23.6 Å². The van der Waals surface area contributed by atoms with Gasteiger partial charge < -0.3 is 11.1 Å². The molecule has 0 bridgehead atoms. The number of rotatable bonds is 5. The number of amides is 1. The van der Waals surface area contributed by atoms with E-state index in [1.807, 2.05) is 13.8 Å². The number of aromatic nitrogens is 2. The zero-order valence-corrected chi connectivity index (χ0v) is 10.8. The lowest BCUT2D eigenvalue weighted by Gasteiger charge is -2.11. The Bertz CT molecular complexity index is 391. The van der Waals surface area contributed by atoms with Gasteiger partial charge in [-0.3, -0.25) is 4.79 Å². The number of nitrogens with one attached hydrogen (secondary N) is 1. The number of hydrogen-bond donors (Lipinski definition) is 2. The van der Waals surface area contributed by atoms with Gasteiger partial charge >= 0.3 is 0 Å². The Balaban J connectivity index is 2.62. The lowest BCUT2D eigenvalue weighted by atomic mass is 10.2. The molecule has 1 atom stereocenters. The van der Waals surface area contributed by atoms with Crippen molar-refractivity contribution in [2.75, 3.05) is 0 Å². The second kappa shape index (κ2) is 5.86. The number of hydrogen-bond acceptors (Lipinski definition) is 5. The third kappa shape index (κ3) is 3.49. The van der Waals surface area contributed by atoms with Gasteiger partial charge in [-0.25, -0.2) is 0 Å². The zero-order chi connectivity index (χ0) is 12.1. The van der Waals surface area contributed by atoms with Gasteiger partial charge in [-0.2, -0.15) is 0 Å². The molecule has 0 spiro atoms. The normalized spacial score (nSPS) is 12.1. The molecular weight excluding hydrogens is 244 g/mol. The summed E-state index contributed by atoms with van der Waals surface area (Å²) in [5.41, 5.74) is 6.13. The fourth-order valence-corrected chi connectivity index (χ4v) is 2.16. The standard InChI is InChI=1S/C9H14N4OS2/c1-3-6-8(16-13-12-6)9(14)11-5(2)4-7(10)15/h5H,3-4H2,1-2H3,(H2,10,15)(H,11,14). The monoisotopic (exact) mass is 258 g/mol. The zero-order valence-electron chi connectivity index (χ0n) is 9.19. The number of carbonyl (C=O) groups excluding carboxylic acids is 1. The molecule has 0 aliphatic carbocycles. The highest BCUT2D eigenvalue weighted by Gasteiger charge is 2.16. The number of nitrogens with two attached hydrogens (primary N) is 1. The van der Waals surface area contributed by atoms with Crippen molar-refractivity contribution < 1.29 is 4.79 Å². The maximum absolute atomic E-state index is 11.8. The van der Waals surface area contributed by atoms with Crippen LogP contribution in [0, 0.1) is 0 Å². The van der Waals surface area contributed by atoms with Crippen molar-refractivity contribution in [2.24, 2.45) is 5.73 Å². The molecule has 3 N–H and O–H groups in total. The number of aryl methyl sites for hydroxylation is 1. The van der Waals surface area contributed by atoms with E-state index in [1.165, 1.54) is 0 Å². The molecule has 0 aliphatic rings. The first-order valence-electron chi connectivity index (χ1n) is 4.95. The molecule has 88 valence electrons. The minimum Gasteiger partial charge on any atom is -0.393 e. The van der Waals surface area contributed by atoms with Gasteiger partial charge in [0.25, 0.3) is 5.91 Å². The Morgan fingerprint density at radius 2 is 2.38 bits per heavy atom. The average molecular weight is 258 g/mol. The van der Waals surface area contributed by atoms with Gasteiger partial charge in [0.2, 0.25) is 0 Å². The van der Waals surface area contributed by atoms with Crippen LogP contribution in [-0.4, -0.2) is 26.5 Å². The quantitative estimate of drug-likeness (QED) is 0.767. The lowest BCUT2D eigenvalue weighted by molar-refractivity contribution is 0.0944. The van der Waals surface area contributed by atoms with Gasteiger partial charge in [-0.15, -0.1) is 5.10 Å². The third-order valence-electron chi connectivity index (χ3n) is 1.98. The van der Waals surface area contributed by atoms with Gasteiger partial charge in [-0.05, 0) is 24.9 Å². The Kier molecular flexibility index (Phi) is 4.75. The summed E-state index contributed by atoms with van der Waals surface area (Å²) in [4.78, 5) is 12.8. The molecule has 0 saturated carbocycles. The van der Waals surface area contributed by atoms with Crippen molar-refractivity contribution in [3.63, 3.8) is 0 Å². The highest BCUT2D eigenvalue weighted by Crippen LogP contribution is 2.11. The number of thiocarbonyl (C=S) groups is 1. The van der Waals surface area contributed by atoms with Crippen LogP contribution in [0.3, 0.4) is 0 Å². The van der Waals surface area contributed by atoms with Crippen LogP contribution in [0.2, 0.25) is 0 Å². The smallest absolute Gasteiger partial charge is 0.265 e. The van der Waals surface area contributed by atoms with Gasteiger partial charge in [0, 0.05) is 12.5 Å². The van der Waals surface area contributed by atoms with Crippen LogP contribution in [-0.2, 0) is 6.42 Å². The SMILES string of the molecule is CCc1nnsc1C(=O)NC(C)CC(N)=S. The topological polar surface area (TPSA) is 80.9 Å². The summed E-state index contributed by atoms with van der Waals surface area (Å²) in [6, 6.07) is -0.0724.